The van der Waals surface area contributed by atoms with Crippen LogP contribution in [-0.2, 0) is 4.79 Å². The van der Waals surface area contributed by atoms with Crippen LogP contribution in [0.3, 0.4) is 0 Å². The highest BCUT2D eigenvalue weighted by Crippen LogP contribution is 2.19. The van der Waals surface area contributed by atoms with Crippen molar-refractivity contribution in [2.24, 2.45) is 11.7 Å². The Kier molecular flexibility index (Phi) is 4.64. The van der Waals surface area contributed by atoms with Crippen molar-refractivity contribution in [2.45, 2.75) is 33.2 Å². The van der Waals surface area contributed by atoms with Crippen molar-refractivity contribution in [1.29, 1.82) is 0 Å². The Morgan fingerprint density at radius 1 is 1.48 bits per heavy atom. The van der Waals surface area contributed by atoms with E-state index < -0.39 is 6.04 Å². The molecule has 7 heteroatoms. The molecule has 0 aliphatic carbocycles. The fourth-order valence-corrected chi connectivity index (χ4v) is 1.90. The summed E-state index contributed by atoms with van der Waals surface area (Å²) >= 11 is 0. The second kappa shape index (κ2) is 6.45. The largest absolute Gasteiger partial charge is 0.324 e. The summed E-state index contributed by atoms with van der Waals surface area (Å²) in [5.74, 6) is -0.0469. The van der Waals surface area contributed by atoms with Gasteiger partial charge in [0.15, 0.2) is 0 Å². The molecule has 0 saturated carbocycles. The number of hydrogen-bond acceptors (Lipinski definition) is 5. The van der Waals surface area contributed by atoms with E-state index >= 15 is 0 Å². The number of anilines is 1. The highest BCUT2D eigenvalue weighted by molar-refractivity contribution is 5.95. The van der Waals surface area contributed by atoms with E-state index in [1.165, 1.54) is 11.0 Å². The van der Waals surface area contributed by atoms with Gasteiger partial charge in [-0.3, -0.25) is 4.79 Å². The molecule has 0 aliphatic rings. The van der Waals surface area contributed by atoms with Gasteiger partial charge in [0.25, 0.3) is 0 Å². The Morgan fingerprint density at radius 2 is 2.24 bits per heavy atom. The SMILES string of the molecule is CC[C@H](C)[C@H](N)C(=O)Nc1cc(-n2cnnn2)ccc1C. The van der Waals surface area contributed by atoms with Crippen LogP contribution in [0.25, 0.3) is 5.69 Å². The molecule has 0 spiro atoms. The molecular formula is C14H20N6O. The summed E-state index contributed by atoms with van der Waals surface area (Å²) < 4.78 is 1.53. The lowest BCUT2D eigenvalue weighted by molar-refractivity contribution is -0.118. The number of amides is 1. The van der Waals surface area contributed by atoms with Gasteiger partial charge in [-0.2, -0.15) is 0 Å². The highest BCUT2D eigenvalue weighted by Gasteiger charge is 2.20. The maximum atomic E-state index is 12.2. The zero-order valence-corrected chi connectivity index (χ0v) is 12.4. The molecule has 2 aromatic rings. The third-order valence-corrected chi connectivity index (χ3v) is 3.65. The monoisotopic (exact) mass is 288 g/mol. The first-order valence-electron chi connectivity index (χ1n) is 6.93. The van der Waals surface area contributed by atoms with Crippen LogP contribution in [0.2, 0.25) is 0 Å². The lowest BCUT2D eigenvalue weighted by Gasteiger charge is -2.18. The number of nitrogens with one attached hydrogen (secondary N) is 1. The summed E-state index contributed by atoms with van der Waals surface area (Å²) in [7, 11) is 0. The molecule has 1 amide bonds. The fourth-order valence-electron chi connectivity index (χ4n) is 1.90. The summed E-state index contributed by atoms with van der Waals surface area (Å²) in [5, 5.41) is 13.9. The molecule has 0 unspecified atom stereocenters. The lowest BCUT2D eigenvalue weighted by Crippen LogP contribution is -2.40. The molecule has 2 rings (SSSR count). The highest BCUT2D eigenvalue weighted by atomic mass is 16.2. The van der Waals surface area contributed by atoms with Gasteiger partial charge in [-0.15, -0.1) is 5.10 Å². The summed E-state index contributed by atoms with van der Waals surface area (Å²) in [6, 6.07) is 5.09. The smallest absolute Gasteiger partial charge is 0.241 e. The molecule has 0 saturated heterocycles. The van der Waals surface area contributed by atoms with E-state index in [1.807, 2.05) is 39.0 Å². The Hall–Kier alpha value is -2.28. The van der Waals surface area contributed by atoms with Gasteiger partial charge in [0.1, 0.15) is 6.33 Å². The van der Waals surface area contributed by atoms with Gasteiger partial charge in [-0.05, 0) is 41.0 Å². The molecule has 3 N–H and O–H groups in total. The van der Waals surface area contributed by atoms with E-state index in [1.54, 1.807) is 0 Å². The average molecular weight is 288 g/mol. The molecular weight excluding hydrogens is 268 g/mol. The number of rotatable bonds is 5. The van der Waals surface area contributed by atoms with Gasteiger partial charge in [0.05, 0.1) is 11.7 Å². The van der Waals surface area contributed by atoms with E-state index in [0.29, 0.717) is 5.69 Å². The van der Waals surface area contributed by atoms with E-state index in [-0.39, 0.29) is 11.8 Å². The summed E-state index contributed by atoms with van der Waals surface area (Å²) in [6.07, 6.45) is 2.36. The first-order valence-corrected chi connectivity index (χ1v) is 6.93. The summed E-state index contributed by atoms with van der Waals surface area (Å²) in [6.45, 7) is 5.91. The van der Waals surface area contributed by atoms with Crippen LogP contribution >= 0.6 is 0 Å². The Bertz CT molecular complexity index is 610. The predicted octanol–water partition coefficient (Wildman–Crippen LogP) is 1.28. The summed E-state index contributed by atoms with van der Waals surface area (Å²) in [4.78, 5) is 12.2. The minimum Gasteiger partial charge on any atom is -0.324 e. The first-order chi connectivity index (χ1) is 10.0. The van der Waals surface area contributed by atoms with Crippen LogP contribution in [0.5, 0.6) is 0 Å². The van der Waals surface area contributed by atoms with Crippen LogP contribution in [0.4, 0.5) is 5.69 Å². The number of hydrogen-bond donors (Lipinski definition) is 2. The van der Waals surface area contributed by atoms with Crippen LogP contribution < -0.4 is 11.1 Å². The molecule has 21 heavy (non-hydrogen) atoms. The molecule has 0 bridgehead atoms. The molecule has 0 fully saturated rings. The maximum Gasteiger partial charge on any atom is 0.241 e. The Labute approximate surface area is 123 Å². The Morgan fingerprint density at radius 3 is 2.86 bits per heavy atom. The second-order valence-electron chi connectivity index (χ2n) is 5.15. The third-order valence-electron chi connectivity index (χ3n) is 3.65. The third kappa shape index (κ3) is 3.43. The normalized spacial score (nSPS) is 13.7. The predicted molar refractivity (Wildman–Crippen MR) is 80.0 cm³/mol. The van der Waals surface area contributed by atoms with Crippen molar-refractivity contribution >= 4 is 11.6 Å². The number of aryl methyl sites for hydroxylation is 1. The van der Waals surface area contributed by atoms with Gasteiger partial charge in [-0.25, -0.2) is 4.68 Å². The van der Waals surface area contributed by atoms with Gasteiger partial charge in [0.2, 0.25) is 5.91 Å². The van der Waals surface area contributed by atoms with Gasteiger partial charge >= 0.3 is 0 Å². The average Bonchev–Trinajstić information content (AvgIpc) is 3.02. The van der Waals surface area contributed by atoms with Crippen molar-refractivity contribution in [3.05, 3.63) is 30.1 Å². The lowest BCUT2D eigenvalue weighted by atomic mass is 9.99. The zero-order chi connectivity index (χ0) is 15.4. The molecule has 7 nitrogen and oxygen atoms in total. The second-order valence-corrected chi connectivity index (χ2v) is 5.15. The minimum atomic E-state index is -0.522. The number of nitrogens with two attached hydrogens (primary N) is 1. The standard InChI is InChI=1S/C14H20N6O/c1-4-9(2)13(15)14(21)17-12-7-11(6-5-10(12)3)20-8-16-18-19-20/h5-9,13H,4,15H2,1-3H3,(H,17,21)/t9-,13-/m0/s1. The van der Waals surface area contributed by atoms with E-state index in [2.05, 4.69) is 20.8 Å². The van der Waals surface area contributed by atoms with Crippen molar-refractivity contribution in [3.8, 4) is 5.69 Å². The van der Waals surface area contributed by atoms with Gasteiger partial charge in [0, 0.05) is 5.69 Å². The number of tetrazole rings is 1. The topological polar surface area (TPSA) is 98.7 Å². The molecule has 1 heterocycles. The molecule has 0 aliphatic heterocycles. The van der Waals surface area contributed by atoms with Crippen LogP contribution in [0, 0.1) is 12.8 Å². The first kappa shape index (κ1) is 15.1. The van der Waals surface area contributed by atoms with E-state index in [4.69, 9.17) is 5.73 Å². The molecule has 2 atom stereocenters. The molecule has 0 radical (unpaired) electrons. The van der Waals surface area contributed by atoms with Crippen molar-refractivity contribution < 1.29 is 4.79 Å². The van der Waals surface area contributed by atoms with Gasteiger partial charge in [-0.1, -0.05) is 26.3 Å². The molecule has 1 aromatic heterocycles. The number of nitrogens with zero attached hydrogens (tertiary/aromatic N) is 4. The summed E-state index contributed by atoms with van der Waals surface area (Å²) in [5.41, 5.74) is 8.40. The minimum absolute atomic E-state index is 0.132. The number of aromatic nitrogens is 4. The number of carbonyl (C=O) groups excluding carboxylic acids is 1. The van der Waals surface area contributed by atoms with Crippen LogP contribution in [-0.4, -0.2) is 32.2 Å². The van der Waals surface area contributed by atoms with E-state index in [0.717, 1.165) is 17.7 Å². The molecule has 1 aromatic carbocycles. The van der Waals surface area contributed by atoms with Crippen molar-refractivity contribution in [1.82, 2.24) is 20.2 Å². The van der Waals surface area contributed by atoms with Crippen LogP contribution in [0.1, 0.15) is 25.8 Å². The number of benzene rings is 1. The molecule has 112 valence electrons. The fraction of sp³-hybridized carbons (Fsp3) is 0.429. The number of carbonyl (C=O) groups is 1. The van der Waals surface area contributed by atoms with Gasteiger partial charge < -0.3 is 11.1 Å². The Balaban J connectivity index is 2.20. The van der Waals surface area contributed by atoms with Crippen molar-refractivity contribution in [3.63, 3.8) is 0 Å². The van der Waals surface area contributed by atoms with Crippen molar-refractivity contribution in [2.75, 3.05) is 5.32 Å². The maximum absolute atomic E-state index is 12.2. The quantitative estimate of drug-likeness (QED) is 0.863. The zero-order valence-electron chi connectivity index (χ0n) is 12.4. The van der Waals surface area contributed by atoms with Crippen LogP contribution in [0.15, 0.2) is 24.5 Å². The van der Waals surface area contributed by atoms with E-state index in [9.17, 15) is 4.79 Å².